The Bertz CT molecular complexity index is 1080. The number of nitrogens with one attached hydrogen (secondary N) is 1. The van der Waals surface area contributed by atoms with Gasteiger partial charge in [0.1, 0.15) is 5.69 Å². The first-order chi connectivity index (χ1) is 14.0. The minimum Gasteiger partial charge on any atom is -0.463 e. The third kappa shape index (κ3) is 4.23. The molecule has 0 bridgehead atoms. The van der Waals surface area contributed by atoms with Gasteiger partial charge >= 0.3 is 6.18 Å². The highest BCUT2D eigenvalue weighted by Crippen LogP contribution is 2.30. The minimum atomic E-state index is -4.36. The number of furan rings is 1. The van der Waals surface area contributed by atoms with Gasteiger partial charge in [-0.05, 0) is 29.8 Å². The SMILES string of the molecule is FC(F)(F)c1ccc(CNc2ncc(-c3cnccn3)c(-c3ccco3)n2)cc1. The molecule has 4 rings (SSSR count). The molecule has 0 unspecified atom stereocenters. The standard InChI is InChI=1S/C20H14F3N5O/c21-20(22,23)14-5-3-13(4-6-14)10-26-19-27-11-15(16-12-24-7-8-25-16)18(28-19)17-2-1-9-29-17/h1-9,11-12H,10H2,(H,26,27,28). The van der Waals surface area contributed by atoms with Crippen molar-refractivity contribution in [3.63, 3.8) is 0 Å². The van der Waals surface area contributed by atoms with Crippen molar-refractivity contribution in [2.75, 3.05) is 5.32 Å². The van der Waals surface area contributed by atoms with E-state index in [0.29, 0.717) is 34.2 Å². The van der Waals surface area contributed by atoms with Crippen LogP contribution in [0.1, 0.15) is 11.1 Å². The normalized spacial score (nSPS) is 11.4. The third-order valence-electron chi connectivity index (χ3n) is 4.11. The Balaban J connectivity index is 1.58. The molecule has 0 atom stereocenters. The van der Waals surface area contributed by atoms with Gasteiger partial charge in [-0.25, -0.2) is 9.97 Å². The number of aromatic nitrogens is 4. The lowest BCUT2D eigenvalue weighted by Crippen LogP contribution is -2.07. The van der Waals surface area contributed by atoms with E-state index in [1.807, 2.05) is 0 Å². The highest BCUT2D eigenvalue weighted by atomic mass is 19.4. The number of nitrogens with zero attached hydrogens (tertiary/aromatic N) is 4. The number of rotatable bonds is 5. The van der Waals surface area contributed by atoms with Crippen LogP contribution in [0.25, 0.3) is 22.7 Å². The van der Waals surface area contributed by atoms with Crippen molar-refractivity contribution >= 4 is 5.95 Å². The molecule has 0 aliphatic carbocycles. The van der Waals surface area contributed by atoms with Crippen LogP contribution in [0.3, 0.4) is 0 Å². The van der Waals surface area contributed by atoms with Crippen LogP contribution in [0.4, 0.5) is 19.1 Å². The van der Waals surface area contributed by atoms with E-state index in [0.717, 1.165) is 12.1 Å². The van der Waals surface area contributed by atoms with Crippen molar-refractivity contribution in [1.82, 2.24) is 19.9 Å². The summed E-state index contributed by atoms with van der Waals surface area (Å²) in [6.07, 6.45) is 3.51. The first-order valence-electron chi connectivity index (χ1n) is 8.58. The molecule has 0 saturated carbocycles. The quantitative estimate of drug-likeness (QED) is 0.520. The third-order valence-corrected chi connectivity index (χ3v) is 4.11. The van der Waals surface area contributed by atoms with Crippen molar-refractivity contribution in [2.45, 2.75) is 12.7 Å². The van der Waals surface area contributed by atoms with Crippen molar-refractivity contribution in [3.8, 4) is 22.7 Å². The monoisotopic (exact) mass is 397 g/mol. The zero-order chi connectivity index (χ0) is 20.3. The molecule has 6 nitrogen and oxygen atoms in total. The molecule has 0 aliphatic rings. The van der Waals surface area contributed by atoms with E-state index in [1.165, 1.54) is 18.4 Å². The second kappa shape index (κ2) is 7.70. The van der Waals surface area contributed by atoms with Gasteiger partial charge in [-0.15, -0.1) is 0 Å². The Morgan fingerprint density at radius 2 is 1.79 bits per heavy atom. The molecule has 3 aromatic heterocycles. The first kappa shape index (κ1) is 18.6. The maximum Gasteiger partial charge on any atom is 0.416 e. The molecule has 9 heteroatoms. The maximum absolute atomic E-state index is 12.7. The summed E-state index contributed by atoms with van der Waals surface area (Å²) in [6.45, 7) is 0.264. The lowest BCUT2D eigenvalue weighted by molar-refractivity contribution is -0.137. The summed E-state index contributed by atoms with van der Waals surface area (Å²) in [4.78, 5) is 17.1. The van der Waals surface area contributed by atoms with Crippen LogP contribution in [0.2, 0.25) is 0 Å². The molecular weight excluding hydrogens is 383 g/mol. The molecule has 146 valence electrons. The highest BCUT2D eigenvalue weighted by Gasteiger charge is 2.29. The van der Waals surface area contributed by atoms with E-state index < -0.39 is 11.7 Å². The fourth-order valence-electron chi connectivity index (χ4n) is 2.69. The summed E-state index contributed by atoms with van der Waals surface area (Å²) in [7, 11) is 0. The zero-order valence-electron chi connectivity index (χ0n) is 14.9. The van der Waals surface area contributed by atoms with Crippen molar-refractivity contribution in [3.05, 3.63) is 78.6 Å². The van der Waals surface area contributed by atoms with E-state index in [4.69, 9.17) is 4.42 Å². The fraction of sp³-hybridized carbons (Fsp3) is 0.100. The molecule has 29 heavy (non-hydrogen) atoms. The Hall–Kier alpha value is -3.75. The lowest BCUT2D eigenvalue weighted by Gasteiger charge is -2.10. The number of alkyl halides is 3. The van der Waals surface area contributed by atoms with E-state index in [-0.39, 0.29) is 6.54 Å². The second-order valence-corrected chi connectivity index (χ2v) is 6.07. The van der Waals surface area contributed by atoms with Gasteiger partial charge in [-0.1, -0.05) is 12.1 Å². The molecule has 1 aromatic carbocycles. The molecule has 4 aromatic rings. The van der Waals surface area contributed by atoms with Gasteiger partial charge in [-0.2, -0.15) is 13.2 Å². The molecule has 0 radical (unpaired) electrons. The minimum absolute atomic E-state index is 0.264. The number of hydrogen-bond acceptors (Lipinski definition) is 6. The molecule has 0 fully saturated rings. The predicted molar refractivity (Wildman–Crippen MR) is 99.5 cm³/mol. The van der Waals surface area contributed by atoms with Crippen LogP contribution in [0.5, 0.6) is 0 Å². The number of benzene rings is 1. The van der Waals surface area contributed by atoms with Crippen molar-refractivity contribution in [2.24, 2.45) is 0 Å². The summed E-state index contributed by atoms with van der Waals surface area (Å²) in [6, 6.07) is 8.43. The lowest BCUT2D eigenvalue weighted by atomic mass is 10.1. The number of hydrogen-bond donors (Lipinski definition) is 1. The van der Waals surface area contributed by atoms with Crippen molar-refractivity contribution in [1.29, 1.82) is 0 Å². The predicted octanol–water partition coefficient (Wildman–Crippen LogP) is 4.82. The van der Waals surface area contributed by atoms with E-state index in [1.54, 1.807) is 36.9 Å². The molecule has 0 aliphatic heterocycles. The Morgan fingerprint density at radius 3 is 2.45 bits per heavy atom. The summed E-state index contributed by atoms with van der Waals surface area (Å²) in [5.74, 6) is 0.842. The Labute approximate surface area is 163 Å². The maximum atomic E-state index is 12.7. The molecule has 0 saturated heterocycles. The number of halogens is 3. The second-order valence-electron chi connectivity index (χ2n) is 6.07. The Kier molecular flexibility index (Phi) is 4.94. The number of anilines is 1. The topological polar surface area (TPSA) is 76.7 Å². The van der Waals surface area contributed by atoms with Gasteiger partial charge in [0.2, 0.25) is 5.95 Å². The van der Waals surface area contributed by atoms with Crippen LogP contribution in [-0.4, -0.2) is 19.9 Å². The van der Waals surface area contributed by atoms with E-state index >= 15 is 0 Å². The summed E-state index contributed by atoms with van der Waals surface area (Å²) >= 11 is 0. The summed E-state index contributed by atoms with van der Waals surface area (Å²) < 4.78 is 43.5. The van der Waals surface area contributed by atoms with E-state index in [9.17, 15) is 13.2 Å². The smallest absolute Gasteiger partial charge is 0.416 e. The molecule has 1 N–H and O–H groups in total. The van der Waals surface area contributed by atoms with Crippen LogP contribution in [0.15, 0.2) is 71.9 Å². The van der Waals surface area contributed by atoms with Gasteiger partial charge in [0, 0.05) is 30.7 Å². The fourth-order valence-corrected chi connectivity index (χ4v) is 2.69. The highest BCUT2D eigenvalue weighted by molar-refractivity contribution is 5.76. The van der Waals surface area contributed by atoms with Crippen LogP contribution < -0.4 is 5.32 Å². The zero-order valence-corrected chi connectivity index (χ0v) is 14.9. The summed E-state index contributed by atoms with van der Waals surface area (Å²) in [5.41, 5.74) is 1.74. The van der Waals surface area contributed by atoms with Gasteiger partial charge in [0.25, 0.3) is 0 Å². The molecule has 0 amide bonds. The molecular formula is C20H14F3N5O. The average molecular weight is 397 g/mol. The summed E-state index contributed by atoms with van der Waals surface area (Å²) in [5, 5.41) is 3.02. The van der Waals surface area contributed by atoms with Crippen LogP contribution >= 0.6 is 0 Å². The largest absolute Gasteiger partial charge is 0.463 e. The van der Waals surface area contributed by atoms with Crippen LogP contribution in [-0.2, 0) is 12.7 Å². The van der Waals surface area contributed by atoms with Gasteiger partial charge in [0.15, 0.2) is 5.76 Å². The van der Waals surface area contributed by atoms with Gasteiger partial charge < -0.3 is 9.73 Å². The average Bonchev–Trinajstić information content (AvgIpc) is 3.27. The Morgan fingerprint density at radius 1 is 0.966 bits per heavy atom. The first-order valence-corrected chi connectivity index (χ1v) is 8.58. The van der Waals surface area contributed by atoms with Crippen LogP contribution in [0, 0.1) is 0 Å². The van der Waals surface area contributed by atoms with Gasteiger partial charge in [0.05, 0.1) is 23.7 Å². The molecule has 0 spiro atoms. The van der Waals surface area contributed by atoms with E-state index in [2.05, 4.69) is 25.3 Å². The van der Waals surface area contributed by atoms with Crippen molar-refractivity contribution < 1.29 is 17.6 Å². The van der Waals surface area contributed by atoms with Gasteiger partial charge in [-0.3, -0.25) is 9.97 Å². The molecule has 3 heterocycles.